The van der Waals surface area contributed by atoms with Crippen molar-refractivity contribution in [2.75, 3.05) is 11.9 Å². The van der Waals surface area contributed by atoms with Crippen LogP contribution in [0.4, 0.5) is 5.69 Å². The van der Waals surface area contributed by atoms with Crippen molar-refractivity contribution < 1.29 is 9.94 Å². The number of rotatable bonds is 7. The third kappa shape index (κ3) is 4.49. The Hall–Kier alpha value is -3.51. The number of aromatic nitrogens is 4. The quantitative estimate of drug-likeness (QED) is 0.603. The van der Waals surface area contributed by atoms with Gasteiger partial charge in [0.2, 0.25) is 0 Å². The van der Waals surface area contributed by atoms with E-state index in [1.165, 1.54) is 6.20 Å². The lowest BCUT2D eigenvalue weighted by Crippen LogP contribution is -2.21. The minimum Gasteiger partial charge on any atom is -0.392 e. The number of pyridine rings is 2. The normalized spacial score (nSPS) is 16.1. The molecule has 0 radical (unpaired) electrons. The second-order valence-corrected chi connectivity index (χ2v) is 8.24. The summed E-state index contributed by atoms with van der Waals surface area (Å²) in [4.78, 5) is 14.6. The fourth-order valence-electron chi connectivity index (χ4n) is 3.53. The van der Waals surface area contributed by atoms with Gasteiger partial charge in [0.1, 0.15) is 12.2 Å². The first kappa shape index (κ1) is 20.8. The van der Waals surface area contributed by atoms with Crippen LogP contribution in [-0.2, 0) is 4.84 Å². The zero-order valence-corrected chi connectivity index (χ0v) is 17.8. The van der Waals surface area contributed by atoms with Crippen LogP contribution in [0.5, 0.6) is 0 Å². The number of oxime groups is 1. The van der Waals surface area contributed by atoms with Crippen LogP contribution in [0.15, 0.2) is 35.9 Å². The largest absolute Gasteiger partial charge is 0.392 e. The third-order valence-electron chi connectivity index (χ3n) is 5.13. The standard InChI is InChI=1S/C22H25N7O2/c1-4-24-18-9-20(29-21-15(12-27-29)7-14(10-23)11-26-21)25-13-17(18)19-8-16(31-28-19)5-6-22(2,3)30/h7,9,11-13,16,30H,4-6,8H2,1-3H3,(H,24,25). The van der Waals surface area contributed by atoms with Crippen LogP contribution in [0.25, 0.3) is 16.9 Å². The summed E-state index contributed by atoms with van der Waals surface area (Å²) in [7, 11) is 0. The number of anilines is 1. The van der Waals surface area contributed by atoms with Gasteiger partial charge < -0.3 is 15.3 Å². The Morgan fingerprint density at radius 2 is 2.13 bits per heavy atom. The highest BCUT2D eigenvalue weighted by Gasteiger charge is 2.26. The Bertz CT molecular complexity index is 1170. The molecule has 1 aliphatic rings. The summed E-state index contributed by atoms with van der Waals surface area (Å²) < 4.78 is 1.65. The van der Waals surface area contributed by atoms with E-state index >= 15 is 0 Å². The van der Waals surface area contributed by atoms with E-state index in [0.29, 0.717) is 29.9 Å². The van der Waals surface area contributed by atoms with Crippen molar-refractivity contribution in [3.05, 3.63) is 41.9 Å². The Kier molecular flexibility index (Phi) is 5.57. The SMILES string of the molecule is CCNc1cc(-n2ncc3cc(C#N)cnc32)ncc1C1=NOC(CCC(C)(C)O)C1. The zero-order valence-electron chi connectivity index (χ0n) is 17.8. The number of aliphatic hydroxyl groups is 1. The lowest BCUT2D eigenvalue weighted by atomic mass is 9.97. The highest BCUT2D eigenvalue weighted by molar-refractivity contribution is 6.05. The van der Waals surface area contributed by atoms with Crippen LogP contribution in [0, 0.1) is 11.3 Å². The molecular weight excluding hydrogens is 394 g/mol. The average molecular weight is 419 g/mol. The molecule has 0 saturated heterocycles. The van der Waals surface area contributed by atoms with Gasteiger partial charge in [-0.3, -0.25) is 0 Å². The van der Waals surface area contributed by atoms with Crippen LogP contribution in [0.2, 0.25) is 0 Å². The molecule has 3 aromatic rings. The van der Waals surface area contributed by atoms with Gasteiger partial charge in [-0.15, -0.1) is 0 Å². The molecular formula is C22H25N7O2. The van der Waals surface area contributed by atoms with Gasteiger partial charge in [0, 0.05) is 48.1 Å². The molecule has 4 rings (SSSR count). The van der Waals surface area contributed by atoms with E-state index in [9.17, 15) is 5.11 Å². The summed E-state index contributed by atoms with van der Waals surface area (Å²) in [5.41, 5.74) is 3.00. The van der Waals surface area contributed by atoms with Gasteiger partial charge in [-0.25, -0.2) is 9.97 Å². The molecule has 31 heavy (non-hydrogen) atoms. The second kappa shape index (κ2) is 8.32. The maximum Gasteiger partial charge on any atom is 0.164 e. The molecule has 0 amide bonds. The number of fused-ring (bicyclic) bond motifs is 1. The van der Waals surface area contributed by atoms with Gasteiger partial charge in [-0.2, -0.15) is 15.0 Å². The first-order chi connectivity index (χ1) is 14.9. The predicted octanol–water partition coefficient (Wildman–Crippen LogP) is 3.16. The number of hydrogen-bond acceptors (Lipinski definition) is 8. The number of nitrogens with one attached hydrogen (secondary N) is 1. The van der Waals surface area contributed by atoms with Gasteiger partial charge in [-0.05, 0) is 39.7 Å². The van der Waals surface area contributed by atoms with E-state index in [1.54, 1.807) is 37.0 Å². The summed E-state index contributed by atoms with van der Waals surface area (Å²) in [6, 6.07) is 5.76. The number of nitriles is 1. The summed E-state index contributed by atoms with van der Waals surface area (Å²) in [5.74, 6) is 0.616. The van der Waals surface area contributed by atoms with E-state index in [2.05, 4.69) is 31.6 Å². The molecule has 0 spiro atoms. The Morgan fingerprint density at radius 1 is 1.29 bits per heavy atom. The molecule has 1 atom stereocenters. The molecule has 2 N–H and O–H groups in total. The molecule has 9 nitrogen and oxygen atoms in total. The molecule has 1 aliphatic heterocycles. The van der Waals surface area contributed by atoms with Gasteiger partial charge in [0.25, 0.3) is 0 Å². The van der Waals surface area contributed by atoms with Crippen LogP contribution in [0.1, 0.15) is 51.2 Å². The molecule has 1 unspecified atom stereocenters. The van der Waals surface area contributed by atoms with Crippen molar-refractivity contribution in [2.24, 2.45) is 5.16 Å². The minimum atomic E-state index is -0.723. The Balaban J connectivity index is 1.60. The Labute approximate surface area is 180 Å². The van der Waals surface area contributed by atoms with Crippen LogP contribution < -0.4 is 5.32 Å². The van der Waals surface area contributed by atoms with E-state index in [-0.39, 0.29) is 6.10 Å². The average Bonchev–Trinajstić information content (AvgIpc) is 3.38. The summed E-state index contributed by atoms with van der Waals surface area (Å²) in [6.07, 6.45) is 6.96. The van der Waals surface area contributed by atoms with Crippen LogP contribution in [-0.4, -0.2) is 48.8 Å². The van der Waals surface area contributed by atoms with Crippen molar-refractivity contribution in [1.29, 1.82) is 5.26 Å². The monoisotopic (exact) mass is 419 g/mol. The van der Waals surface area contributed by atoms with E-state index in [0.717, 1.165) is 35.3 Å². The predicted molar refractivity (Wildman–Crippen MR) is 117 cm³/mol. The molecule has 3 aromatic heterocycles. The van der Waals surface area contributed by atoms with Crippen molar-refractivity contribution in [2.45, 2.75) is 51.7 Å². The zero-order chi connectivity index (χ0) is 22.0. The molecule has 0 saturated carbocycles. The maximum absolute atomic E-state index is 9.96. The van der Waals surface area contributed by atoms with Crippen LogP contribution in [0.3, 0.4) is 0 Å². The van der Waals surface area contributed by atoms with Gasteiger partial charge in [-0.1, -0.05) is 5.16 Å². The topological polar surface area (TPSA) is 121 Å². The van der Waals surface area contributed by atoms with Crippen molar-refractivity contribution >= 4 is 22.4 Å². The lowest BCUT2D eigenvalue weighted by molar-refractivity contribution is 0.0298. The number of nitrogens with zero attached hydrogens (tertiary/aromatic N) is 6. The van der Waals surface area contributed by atoms with Gasteiger partial charge >= 0.3 is 0 Å². The van der Waals surface area contributed by atoms with E-state index in [1.807, 2.05) is 13.0 Å². The Morgan fingerprint density at radius 3 is 2.87 bits per heavy atom. The van der Waals surface area contributed by atoms with Crippen molar-refractivity contribution in [3.63, 3.8) is 0 Å². The van der Waals surface area contributed by atoms with Gasteiger partial charge in [0.15, 0.2) is 11.5 Å². The molecule has 160 valence electrons. The fourth-order valence-corrected chi connectivity index (χ4v) is 3.53. The molecule has 0 aromatic carbocycles. The summed E-state index contributed by atoms with van der Waals surface area (Å²) in [5, 5.41) is 31.9. The molecule has 0 bridgehead atoms. The summed E-state index contributed by atoms with van der Waals surface area (Å²) >= 11 is 0. The van der Waals surface area contributed by atoms with Gasteiger partial charge in [0.05, 0.1) is 23.1 Å². The maximum atomic E-state index is 9.96. The minimum absolute atomic E-state index is 0.0517. The molecule has 0 fully saturated rings. The first-order valence-electron chi connectivity index (χ1n) is 10.3. The first-order valence-corrected chi connectivity index (χ1v) is 10.3. The third-order valence-corrected chi connectivity index (χ3v) is 5.13. The smallest absolute Gasteiger partial charge is 0.164 e. The lowest BCUT2D eigenvalue weighted by Gasteiger charge is -2.18. The number of hydrogen-bond donors (Lipinski definition) is 2. The molecule has 9 heteroatoms. The molecule has 4 heterocycles. The van der Waals surface area contributed by atoms with E-state index < -0.39 is 5.60 Å². The van der Waals surface area contributed by atoms with Crippen molar-refractivity contribution in [1.82, 2.24) is 19.7 Å². The summed E-state index contributed by atoms with van der Waals surface area (Å²) in [6.45, 7) is 6.35. The highest BCUT2D eigenvalue weighted by Crippen LogP contribution is 2.28. The fraction of sp³-hybridized carbons (Fsp3) is 0.409. The van der Waals surface area contributed by atoms with E-state index in [4.69, 9.17) is 10.1 Å². The highest BCUT2D eigenvalue weighted by atomic mass is 16.6. The molecule has 0 aliphatic carbocycles. The second-order valence-electron chi connectivity index (χ2n) is 8.24. The van der Waals surface area contributed by atoms with Crippen molar-refractivity contribution in [3.8, 4) is 11.9 Å². The van der Waals surface area contributed by atoms with Crippen LogP contribution >= 0.6 is 0 Å².